The Balaban J connectivity index is 2.00. The summed E-state index contributed by atoms with van der Waals surface area (Å²) in [5.41, 5.74) is 1.03. The lowest BCUT2D eigenvalue weighted by molar-refractivity contribution is 0.0976. The van der Waals surface area contributed by atoms with Gasteiger partial charge in [-0.15, -0.1) is 0 Å². The molecule has 0 bridgehead atoms. The first-order valence-electron chi connectivity index (χ1n) is 6.15. The average Bonchev–Trinajstić information content (AvgIpc) is 2.46. The quantitative estimate of drug-likeness (QED) is 0.796. The molecule has 0 saturated carbocycles. The number of hydrogen-bond acceptors (Lipinski definition) is 2. The molecule has 3 rings (SSSR count). The molecule has 1 aliphatic heterocycles. The van der Waals surface area contributed by atoms with Crippen LogP contribution in [0.25, 0.3) is 0 Å². The van der Waals surface area contributed by atoms with Crippen LogP contribution in [0.1, 0.15) is 10.4 Å². The third kappa shape index (κ3) is 2.41. The maximum atomic E-state index is 13.3. The minimum Gasteiger partial charge on any atom is -0.490 e. The largest absolute Gasteiger partial charge is 0.490 e. The van der Waals surface area contributed by atoms with E-state index in [1.54, 1.807) is 11.0 Å². The molecule has 1 amide bonds. The van der Waals surface area contributed by atoms with Gasteiger partial charge in [-0.3, -0.25) is 4.79 Å². The topological polar surface area (TPSA) is 29.5 Å². The molecular weight excluding hydrogens is 325 g/mol. The summed E-state index contributed by atoms with van der Waals surface area (Å²) in [6, 6.07) is 11.2. The maximum absolute atomic E-state index is 13.3. The lowest BCUT2D eigenvalue weighted by atomic mass is 10.1. The number of carbonyl (C=O) groups is 1. The number of ether oxygens (including phenoxy) is 1. The van der Waals surface area contributed by atoms with E-state index in [0.717, 1.165) is 4.47 Å². The number of hydrogen-bond donors (Lipinski definition) is 0. The number of carbonyl (C=O) groups excluding carboxylic acids is 1. The Morgan fingerprint density at radius 1 is 1.25 bits per heavy atom. The summed E-state index contributed by atoms with van der Waals surface area (Å²) in [7, 11) is 0. The second-order valence-electron chi connectivity index (χ2n) is 4.43. The van der Waals surface area contributed by atoms with Crippen LogP contribution in [0, 0.1) is 5.82 Å². The van der Waals surface area contributed by atoms with Crippen molar-refractivity contribution in [2.45, 2.75) is 0 Å². The van der Waals surface area contributed by atoms with E-state index < -0.39 is 5.82 Å². The molecule has 3 nitrogen and oxygen atoms in total. The van der Waals surface area contributed by atoms with E-state index in [-0.39, 0.29) is 5.91 Å². The van der Waals surface area contributed by atoms with Crippen LogP contribution < -0.4 is 9.64 Å². The first-order chi connectivity index (χ1) is 9.65. The average molecular weight is 336 g/mol. The summed E-state index contributed by atoms with van der Waals surface area (Å²) >= 11 is 3.38. The third-order valence-corrected chi connectivity index (χ3v) is 3.59. The highest BCUT2D eigenvalue weighted by Crippen LogP contribution is 2.34. The number of amides is 1. The summed E-state index contributed by atoms with van der Waals surface area (Å²) < 4.78 is 19.6. The minimum absolute atomic E-state index is 0.229. The molecule has 0 atom stereocenters. The molecule has 2 aromatic rings. The molecule has 2 aromatic carbocycles. The normalized spacial score (nSPS) is 13.6. The zero-order valence-corrected chi connectivity index (χ0v) is 12.1. The van der Waals surface area contributed by atoms with E-state index in [1.807, 2.05) is 18.2 Å². The van der Waals surface area contributed by atoms with Crippen LogP contribution in [0.5, 0.6) is 5.75 Å². The van der Waals surface area contributed by atoms with Crippen molar-refractivity contribution in [1.29, 1.82) is 0 Å². The number of anilines is 1. The molecule has 0 spiro atoms. The molecule has 0 aliphatic carbocycles. The van der Waals surface area contributed by atoms with Crippen molar-refractivity contribution in [3.05, 3.63) is 58.3 Å². The van der Waals surface area contributed by atoms with Gasteiger partial charge in [0.15, 0.2) is 0 Å². The van der Waals surface area contributed by atoms with Gasteiger partial charge in [0.2, 0.25) is 0 Å². The summed E-state index contributed by atoms with van der Waals surface area (Å²) in [6.07, 6.45) is 0. The Labute approximate surface area is 124 Å². The van der Waals surface area contributed by atoms with Gasteiger partial charge in [-0.1, -0.05) is 22.0 Å². The van der Waals surface area contributed by atoms with Crippen molar-refractivity contribution in [2.75, 3.05) is 18.1 Å². The van der Waals surface area contributed by atoms with E-state index in [0.29, 0.717) is 30.2 Å². The standard InChI is InChI=1S/C15H11BrFNO2/c16-11-4-5-14-13(9-11)18(6-7-20-14)15(19)10-2-1-3-12(17)8-10/h1-5,8-9H,6-7H2. The van der Waals surface area contributed by atoms with Gasteiger partial charge in [-0.2, -0.15) is 0 Å². The van der Waals surface area contributed by atoms with Crippen LogP contribution >= 0.6 is 15.9 Å². The Morgan fingerprint density at radius 2 is 2.10 bits per heavy atom. The molecule has 0 N–H and O–H groups in total. The van der Waals surface area contributed by atoms with Gasteiger partial charge in [-0.05, 0) is 36.4 Å². The van der Waals surface area contributed by atoms with Gasteiger partial charge in [0.1, 0.15) is 18.2 Å². The zero-order chi connectivity index (χ0) is 14.1. The zero-order valence-electron chi connectivity index (χ0n) is 10.5. The number of fused-ring (bicyclic) bond motifs is 1. The van der Waals surface area contributed by atoms with E-state index in [4.69, 9.17) is 4.74 Å². The fourth-order valence-electron chi connectivity index (χ4n) is 2.18. The monoisotopic (exact) mass is 335 g/mol. The summed E-state index contributed by atoms with van der Waals surface area (Å²) in [5, 5.41) is 0. The smallest absolute Gasteiger partial charge is 0.258 e. The van der Waals surface area contributed by atoms with Crippen LogP contribution in [0.15, 0.2) is 46.9 Å². The van der Waals surface area contributed by atoms with E-state index in [2.05, 4.69) is 15.9 Å². The highest BCUT2D eigenvalue weighted by Gasteiger charge is 2.25. The molecule has 1 heterocycles. The van der Waals surface area contributed by atoms with Gasteiger partial charge in [0.05, 0.1) is 12.2 Å². The molecule has 0 fully saturated rings. The number of halogens is 2. The van der Waals surface area contributed by atoms with Gasteiger partial charge >= 0.3 is 0 Å². The lowest BCUT2D eigenvalue weighted by Gasteiger charge is -2.29. The first kappa shape index (κ1) is 13.1. The second-order valence-corrected chi connectivity index (χ2v) is 5.34. The van der Waals surface area contributed by atoms with Gasteiger partial charge in [0, 0.05) is 10.0 Å². The fourth-order valence-corrected chi connectivity index (χ4v) is 2.53. The molecule has 0 radical (unpaired) electrons. The van der Waals surface area contributed by atoms with Gasteiger partial charge < -0.3 is 9.64 Å². The minimum atomic E-state index is -0.418. The van der Waals surface area contributed by atoms with Crippen molar-refractivity contribution in [3.8, 4) is 5.75 Å². The first-order valence-corrected chi connectivity index (χ1v) is 6.94. The SMILES string of the molecule is O=C(c1cccc(F)c1)N1CCOc2ccc(Br)cc21. The van der Waals surface area contributed by atoms with E-state index in [1.165, 1.54) is 18.2 Å². The Hall–Kier alpha value is -1.88. The fraction of sp³-hybridized carbons (Fsp3) is 0.133. The van der Waals surface area contributed by atoms with Crippen molar-refractivity contribution in [2.24, 2.45) is 0 Å². The van der Waals surface area contributed by atoms with Gasteiger partial charge in [-0.25, -0.2) is 4.39 Å². The molecule has 1 aliphatic rings. The highest BCUT2D eigenvalue weighted by molar-refractivity contribution is 9.10. The summed E-state index contributed by atoms with van der Waals surface area (Å²) in [6.45, 7) is 0.870. The summed E-state index contributed by atoms with van der Waals surface area (Å²) in [5.74, 6) is 0.00919. The van der Waals surface area contributed by atoms with Crippen LogP contribution in [0.3, 0.4) is 0 Å². The van der Waals surface area contributed by atoms with Crippen LogP contribution in [0.2, 0.25) is 0 Å². The van der Waals surface area contributed by atoms with Crippen molar-refractivity contribution in [1.82, 2.24) is 0 Å². The maximum Gasteiger partial charge on any atom is 0.258 e. The molecule has 0 unspecified atom stereocenters. The molecular formula is C15H11BrFNO2. The molecule has 5 heteroatoms. The molecule has 0 aromatic heterocycles. The Kier molecular flexibility index (Phi) is 3.44. The van der Waals surface area contributed by atoms with Crippen molar-refractivity contribution in [3.63, 3.8) is 0 Å². The van der Waals surface area contributed by atoms with Crippen molar-refractivity contribution < 1.29 is 13.9 Å². The predicted molar refractivity (Wildman–Crippen MR) is 77.7 cm³/mol. The van der Waals surface area contributed by atoms with Gasteiger partial charge in [0.25, 0.3) is 5.91 Å². The third-order valence-electron chi connectivity index (χ3n) is 3.10. The van der Waals surface area contributed by atoms with Crippen LogP contribution in [0.4, 0.5) is 10.1 Å². The molecule has 102 valence electrons. The second kappa shape index (κ2) is 5.25. The Bertz CT molecular complexity index is 675. The Morgan fingerprint density at radius 3 is 2.90 bits per heavy atom. The summed E-state index contributed by atoms with van der Waals surface area (Å²) in [4.78, 5) is 14.1. The molecule has 0 saturated heterocycles. The highest BCUT2D eigenvalue weighted by atomic mass is 79.9. The van der Waals surface area contributed by atoms with Crippen LogP contribution in [-0.4, -0.2) is 19.1 Å². The van der Waals surface area contributed by atoms with Crippen LogP contribution in [-0.2, 0) is 0 Å². The number of benzene rings is 2. The van der Waals surface area contributed by atoms with E-state index >= 15 is 0 Å². The number of nitrogens with zero attached hydrogens (tertiary/aromatic N) is 1. The number of rotatable bonds is 1. The van der Waals surface area contributed by atoms with E-state index in [9.17, 15) is 9.18 Å². The van der Waals surface area contributed by atoms with Crippen molar-refractivity contribution >= 4 is 27.5 Å². The lowest BCUT2D eigenvalue weighted by Crippen LogP contribution is -2.38. The molecule has 20 heavy (non-hydrogen) atoms. The predicted octanol–water partition coefficient (Wildman–Crippen LogP) is 3.63.